The maximum absolute atomic E-state index is 10.0. The molecule has 0 spiro atoms. The fraction of sp³-hybridized carbons (Fsp3) is 0.647. The molecule has 118 valence electrons. The normalized spacial score (nSPS) is 13.7. The predicted octanol–water partition coefficient (Wildman–Crippen LogP) is 3.82. The number of aromatic hydroxyl groups is 1. The molecule has 0 atom stereocenters. The van der Waals surface area contributed by atoms with Crippen LogP contribution in [0.1, 0.15) is 52.0 Å². The second-order valence-electron chi connectivity index (χ2n) is 6.56. The number of phenols is 1. The molecule has 1 aromatic rings. The van der Waals surface area contributed by atoms with Gasteiger partial charge in [-0.2, -0.15) is 0 Å². The van der Waals surface area contributed by atoms with Gasteiger partial charge in [-0.3, -0.25) is 0 Å². The van der Waals surface area contributed by atoms with Gasteiger partial charge in [0.25, 0.3) is 0 Å². The lowest BCUT2D eigenvalue weighted by Crippen LogP contribution is -2.29. The van der Waals surface area contributed by atoms with Crippen molar-refractivity contribution in [2.24, 2.45) is 5.41 Å². The Hall–Kier alpha value is -1.42. The highest BCUT2D eigenvalue weighted by atomic mass is 16.7. The third-order valence-corrected chi connectivity index (χ3v) is 3.95. The van der Waals surface area contributed by atoms with Crippen molar-refractivity contribution in [1.29, 1.82) is 0 Å². The van der Waals surface area contributed by atoms with Crippen LogP contribution in [-0.4, -0.2) is 18.4 Å². The first-order valence-corrected chi connectivity index (χ1v) is 7.84. The van der Waals surface area contributed by atoms with Gasteiger partial charge in [0.15, 0.2) is 11.5 Å². The smallest absolute Gasteiger partial charge is 0.231 e. The monoisotopic (exact) mass is 293 g/mol. The first-order valence-electron chi connectivity index (χ1n) is 7.84. The van der Waals surface area contributed by atoms with Crippen LogP contribution in [0.3, 0.4) is 0 Å². The second-order valence-corrected chi connectivity index (χ2v) is 6.56. The molecular weight excluding hydrogens is 266 g/mol. The van der Waals surface area contributed by atoms with E-state index in [9.17, 15) is 5.11 Å². The van der Waals surface area contributed by atoms with Crippen molar-refractivity contribution in [3.63, 3.8) is 0 Å². The minimum atomic E-state index is 0.232. The maximum Gasteiger partial charge on any atom is 0.231 e. The molecule has 0 aliphatic carbocycles. The van der Waals surface area contributed by atoms with Gasteiger partial charge in [-0.15, -0.1) is 0 Å². The largest absolute Gasteiger partial charge is 0.507 e. The second kappa shape index (κ2) is 7.03. The topological polar surface area (TPSA) is 50.7 Å². The summed E-state index contributed by atoms with van der Waals surface area (Å²) >= 11 is 0. The maximum atomic E-state index is 10.0. The van der Waals surface area contributed by atoms with Crippen LogP contribution in [0.2, 0.25) is 0 Å². The molecule has 21 heavy (non-hydrogen) atoms. The van der Waals surface area contributed by atoms with Crippen LogP contribution in [0.25, 0.3) is 0 Å². The van der Waals surface area contributed by atoms with Crippen LogP contribution >= 0.6 is 0 Å². The molecule has 0 radical (unpaired) electrons. The van der Waals surface area contributed by atoms with Crippen LogP contribution in [0, 0.1) is 5.41 Å². The SMILES string of the molecule is CCCCCC(C)(C)CNCc1cc2c(cc1O)OCO2. The molecule has 2 rings (SSSR count). The summed E-state index contributed by atoms with van der Waals surface area (Å²) in [6.07, 6.45) is 5.06. The van der Waals surface area contributed by atoms with E-state index in [1.807, 2.05) is 6.07 Å². The molecule has 0 aromatic heterocycles. The molecule has 4 nitrogen and oxygen atoms in total. The molecule has 1 heterocycles. The number of unbranched alkanes of at least 4 members (excludes halogenated alkanes) is 2. The molecule has 0 saturated carbocycles. The van der Waals surface area contributed by atoms with Gasteiger partial charge < -0.3 is 19.9 Å². The van der Waals surface area contributed by atoms with Crippen molar-refractivity contribution in [3.05, 3.63) is 17.7 Å². The average Bonchev–Trinajstić information content (AvgIpc) is 2.86. The number of phenolic OH excluding ortho intramolecular Hbond substituents is 1. The fourth-order valence-corrected chi connectivity index (χ4v) is 2.59. The zero-order chi connectivity index (χ0) is 15.3. The number of rotatable bonds is 8. The van der Waals surface area contributed by atoms with Crippen molar-refractivity contribution >= 4 is 0 Å². The quantitative estimate of drug-likeness (QED) is 0.715. The Morgan fingerprint density at radius 1 is 1.19 bits per heavy atom. The first-order chi connectivity index (χ1) is 10.0. The number of fused-ring (bicyclic) bond motifs is 1. The molecule has 2 N–H and O–H groups in total. The van der Waals surface area contributed by atoms with Crippen molar-refractivity contribution in [3.8, 4) is 17.2 Å². The molecule has 0 unspecified atom stereocenters. The Morgan fingerprint density at radius 2 is 1.90 bits per heavy atom. The molecule has 0 amide bonds. The number of hydrogen-bond donors (Lipinski definition) is 2. The molecule has 1 aromatic carbocycles. The Bertz CT molecular complexity index is 471. The highest BCUT2D eigenvalue weighted by molar-refractivity contribution is 5.51. The van der Waals surface area contributed by atoms with E-state index < -0.39 is 0 Å². The summed E-state index contributed by atoms with van der Waals surface area (Å²) in [6.45, 7) is 8.61. The predicted molar refractivity (Wildman–Crippen MR) is 83.9 cm³/mol. The van der Waals surface area contributed by atoms with Crippen LogP contribution < -0.4 is 14.8 Å². The van der Waals surface area contributed by atoms with E-state index in [0.717, 1.165) is 12.1 Å². The first kappa shape index (κ1) is 16.0. The van der Waals surface area contributed by atoms with Crippen LogP contribution in [0.4, 0.5) is 0 Å². The van der Waals surface area contributed by atoms with E-state index in [0.29, 0.717) is 18.0 Å². The minimum absolute atomic E-state index is 0.232. The van der Waals surface area contributed by atoms with Gasteiger partial charge in [-0.25, -0.2) is 0 Å². The lowest BCUT2D eigenvalue weighted by molar-refractivity contribution is 0.174. The van der Waals surface area contributed by atoms with Crippen LogP contribution in [0.5, 0.6) is 17.2 Å². The van der Waals surface area contributed by atoms with Crippen molar-refractivity contribution in [2.75, 3.05) is 13.3 Å². The zero-order valence-electron chi connectivity index (χ0n) is 13.4. The summed E-state index contributed by atoms with van der Waals surface area (Å²) in [5, 5.41) is 13.4. The molecule has 1 aliphatic rings. The van der Waals surface area contributed by atoms with Gasteiger partial charge in [0, 0.05) is 24.7 Å². The Balaban J connectivity index is 1.83. The Morgan fingerprint density at radius 3 is 2.62 bits per heavy atom. The minimum Gasteiger partial charge on any atom is -0.507 e. The van der Waals surface area contributed by atoms with Crippen LogP contribution in [0.15, 0.2) is 12.1 Å². The van der Waals surface area contributed by atoms with E-state index in [2.05, 4.69) is 26.1 Å². The average molecular weight is 293 g/mol. The summed E-state index contributed by atoms with van der Waals surface area (Å²) in [4.78, 5) is 0. The fourth-order valence-electron chi connectivity index (χ4n) is 2.59. The van der Waals surface area contributed by atoms with Gasteiger partial charge in [-0.1, -0.05) is 40.0 Å². The van der Waals surface area contributed by atoms with Crippen molar-refractivity contribution < 1.29 is 14.6 Å². The van der Waals surface area contributed by atoms with E-state index >= 15 is 0 Å². The number of benzene rings is 1. The molecule has 0 fully saturated rings. The standard InChI is InChI=1S/C17H27NO3/c1-4-5-6-7-17(2,3)11-18-10-13-8-15-16(9-14(13)19)21-12-20-15/h8-9,18-19H,4-7,10-12H2,1-3H3. The lowest BCUT2D eigenvalue weighted by atomic mass is 9.87. The zero-order valence-corrected chi connectivity index (χ0v) is 13.4. The highest BCUT2D eigenvalue weighted by Crippen LogP contribution is 2.37. The van der Waals surface area contributed by atoms with Crippen LogP contribution in [-0.2, 0) is 6.54 Å². The van der Waals surface area contributed by atoms with Gasteiger partial charge >= 0.3 is 0 Å². The van der Waals surface area contributed by atoms with E-state index in [1.165, 1.54) is 25.7 Å². The van der Waals surface area contributed by atoms with Gasteiger partial charge in [-0.05, 0) is 17.9 Å². The third-order valence-electron chi connectivity index (χ3n) is 3.95. The number of hydrogen-bond acceptors (Lipinski definition) is 4. The molecular formula is C17H27NO3. The Labute approximate surface area is 127 Å². The lowest BCUT2D eigenvalue weighted by Gasteiger charge is -2.25. The van der Waals surface area contributed by atoms with E-state index in [-0.39, 0.29) is 18.0 Å². The third kappa shape index (κ3) is 4.53. The number of ether oxygens (including phenoxy) is 2. The summed E-state index contributed by atoms with van der Waals surface area (Å²) < 4.78 is 10.6. The van der Waals surface area contributed by atoms with Gasteiger partial charge in [0.2, 0.25) is 6.79 Å². The van der Waals surface area contributed by atoms with Gasteiger partial charge in [0.05, 0.1) is 0 Å². The molecule has 0 bridgehead atoms. The molecule has 0 saturated heterocycles. The van der Waals surface area contributed by atoms with E-state index in [1.54, 1.807) is 6.07 Å². The highest BCUT2D eigenvalue weighted by Gasteiger charge is 2.19. The van der Waals surface area contributed by atoms with Crippen molar-refractivity contribution in [1.82, 2.24) is 5.32 Å². The molecule has 4 heteroatoms. The summed E-state index contributed by atoms with van der Waals surface area (Å²) in [7, 11) is 0. The van der Waals surface area contributed by atoms with E-state index in [4.69, 9.17) is 9.47 Å². The van der Waals surface area contributed by atoms with Gasteiger partial charge in [0.1, 0.15) is 5.75 Å². The number of nitrogens with one attached hydrogen (secondary N) is 1. The van der Waals surface area contributed by atoms with Crippen molar-refractivity contribution in [2.45, 2.75) is 53.0 Å². The summed E-state index contributed by atoms with van der Waals surface area (Å²) in [5.41, 5.74) is 1.13. The molecule has 1 aliphatic heterocycles. The summed E-state index contributed by atoms with van der Waals surface area (Å²) in [6, 6.07) is 3.49. The summed E-state index contributed by atoms with van der Waals surface area (Å²) in [5.74, 6) is 1.60. The Kier molecular flexibility index (Phi) is 5.34.